The highest BCUT2D eigenvalue weighted by Gasteiger charge is 2.35. The highest BCUT2D eigenvalue weighted by Crippen LogP contribution is 2.35. The van der Waals surface area contributed by atoms with Gasteiger partial charge in [0.25, 0.3) is 10.0 Å². The fourth-order valence-electron chi connectivity index (χ4n) is 3.13. The summed E-state index contributed by atoms with van der Waals surface area (Å²) in [6.45, 7) is 0. The van der Waals surface area contributed by atoms with E-state index in [2.05, 4.69) is 9.97 Å². The van der Waals surface area contributed by atoms with Gasteiger partial charge >= 0.3 is 6.18 Å². The second-order valence-electron chi connectivity index (χ2n) is 7.10. The molecule has 176 valence electrons. The van der Waals surface area contributed by atoms with Crippen LogP contribution in [0.15, 0.2) is 90.0 Å². The van der Waals surface area contributed by atoms with E-state index in [1.54, 1.807) is 12.1 Å². The smallest absolute Gasteiger partial charge is 0.451 e. The van der Waals surface area contributed by atoms with E-state index in [-0.39, 0.29) is 16.2 Å². The number of alkyl halides is 3. The van der Waals surface area contributed by atoms with Gasteiger partial charge in [0.05, 0.1) is 10.5 Å². The lowest BCUT2D eigenvalue weighted by Crippen LogP contribution is -2.17. The minimum atomic E-state index is -4.84. The van der Waals surface area contributed by atoms with Gasteiger partial charge in [0.15, 0.2) is 0 Å². The Hall–Kier alpha value is -4.43. The van der Waals surface area contributed by atoms with Gasteiger partial charge in [-0.1, -0.05) is 48.5 Å². The van der Waals surface area contributed by atoms with Gasteiger partial charge in [-0.25, -0.2) is 18.4 Å². The average Bonchev–Trinajstić information content (AvgIpc) is 2.84. The molecule has 0 amide bonds. The van der Waals surface area contributed by atoms with Gasteiger partial charge in [-0.15, -0.1) is 0 Å². The molecule has 7 nitrogen and oxygen atoms in total. The van der Waals surface area contributed by atoms with E-state index < -0.39 is 27.8 Å². The second kappa shape index (κ2) is 9.44. The maximum atomic E-state index is 12.8. The van der Waals surface area contributed by atoms with Crippen LogP contribution < -0.4 is 9.46 Å². The van der Waals surface area contributed by atoms with Gasteiger partial charge in [0, 0.05) is 11.8 Å². The van der Waals surface area contributed by atoms with Crippen molar-refractivity contribution in [1.29, 1.82) is 5.26 Å². The van der Waals surface area contributed by atoms with E-state index in [9.17, 15) is 26.9 Å². The van der Waals surface area contributed by atoms with Crippen LogP contribution in [0.4, 0.5) is 19.0 Å². The first-order valence-electron chi connectivity index (χ1n) is 9.97. The third kappa shape index (κ3) is 5.39. The largest absolute Gasteiger partial charge is 0.455 e. The molecule has 0 aliphatic rings. The monoisotopic (exact) mass is 496 g/mol. The van der Waals surface area contributed by atoms with Gasteiger partial charge in [0.1, 0.15) is 23.4 Å². The predicted molar refractivity (Wildman–Crippen MR) is 121 cm³/mol. The van der Waals surface area contributed by atoms with E-state index in [1.165, 1.54) is 12.1 Å². The Kier molecular flexibility index (Phi) is 6.40. The summed E-state index contributed by atoms with van der Waals surface area (Å²) in [4.78, 5) is 5.93. The zero-order valence-electron chi connectivity index (χ0n) is 17.7. The molecule has 0 unspecified atom stereocenters. The minimum absolute atomic E-state index is 0.0885. The van der Waals surface area contributed by atoms with Crippen molar-refractivity contribution in [3.05, 3.63) is 96.4 Å². The number of nitriles is 1. The number of hydrogen-bond donors (Lipinski definition) is 1. The quantitative estimate of drug-likeness (QED) is 0.371. The fourth-order valence-corrected chi connectivity index (χ4v) is 4.16. The Bertz CT molecular complexity index is 1520. The number of hydrogen-bond acceptors (Lipinski definition) is 6. The van der Waals surface area contributed by atoms with Crippen LogP contribution in [-0.4, -0.2) is 18.4 Å². The Labute approximate surface area is 198 Å². The standard InChI is InChI=1S/C24H15F3N4O3S/c25-24(26,27)23-29-13-12-22(30-23)31-35(32,33)18-10-11-20(17(14-18)15-28)34-21-9-5-4-8-19(21)16-6-2-1-3-7-16/h1-14H,(H,29,30,31). The lowest BCUT2D eigenvalue weighted by atomic mass is 10.0. The van der Waals surface area contributed by atoms with Gasteiger partial charge in [-0.2, -0.15) is 18.4 Å². The number of para-hydroxylation sites is 1. The molecule has 0 aliphatic heterocycles. The molecule has 0 radical (unpaired) electrons. The molecular formula is C24H15F3N4O3S. The summed E-state index contributed by atoms with van der Waals surface area (Å²) in [5.41, 5.74) is 1.56. The average molecular weight is 496 g/mol. The summed E-state index contributed by atoms with van der Waals surface area (Å²) in [7, 11) is -4.36. The molecule has 1 aromatic heterocycles. The second-order valence-corrected chi connectivity index (χ2v) is 8.79. The molecule has 0 spiro atoms. The first kappa shape index (κ1) is 23.7. The highest BCUT2D eigenvalue weighted by molar-refractivity contribution is 7.92. The summed E-state index contributed by atoms with van der Waals surface area (Å²) in [5.74, 6) is -1.50. The molecule has 1 N–H and O–H groups in total. The first-order chi connectivity index (χ1) is 16.7. The molecule has 3 aromatic carbocycles. The Balaban J connectivity index is 1.63. The molecule has 0 fully saturated rings. The Morgan fingerprint density at radius 3 is 2.34 bits per heavy atom. The van der Waals surface area contributed by atoms with Crippen LogP contribution in [0.25, 0.3) is 11.1 Å². The predicted octanol–water partition coefficient (Wildman–Crippen LogP) is 5.63. The molecule has 1 heterocycles. The number of nitrogens with zero attached hydrogens (tertiary/aromatic N) is 3. The number of benzene rings is 3. The van der Waals surface area contributed by atoms with E-state index in [1.807, 2.05) is 53.3 Å². The maximum absolute atomic E-state index is 12.8. The van der Waals surface area contributed by atoms with Crippen molar-refractivity contribution in [1.82, 2.24) is 9.97 Å². The van der Waals surface area contributed by atoms with Gasteiger partial charge in [-0.05, 0) is 35.9 Å². The third-order valence-corrected chi connectivity index (χ3v) is 6.07. The minimum Gasteiger partial charge on any atom is -0.455 e. The van der Waals surface area contributed by atoms with Gasteiger partial charge < -0.3 is 4.74 Å². The summed E-state index contributed by atoms with van der Waals surface area (Å²) in [6.07, 6.45) is -4.06. The van der Waals surface area contributed by atoms with Crippen molar-refractivity contribution >= 4 is 15.8 Å². The van der Waals surface area contributed by atoms with Gasteiger partial charge in [-0.3, -0.25) is 4.72 Å². The summed E-state index contributed by atoms with van der Waals surface area (Å²) in [5, 5.41) is 9.60. The molecule has 0 aliphatic carbocycles. The number of ether oxygens (including phenoxy) is 1. The number of halogens is 3. The van der Waals surface area contributed by atoms with E-state index in [0.29, 0.717) is 5.75 Å². The molecule has 0 atom stereocenters. The fraction of sp³-hybridized carbons (Fsp3) is 0.0417. The Morgan fingerprint density at radius 1 is 0.914 bits per heavy atom. The third-order valence-electron chi connectivity index (χ3n) is 4.72. The molecule has 35 heavy (non-hydrogen) atoms. The van der Waals surface area contributed by atoms with Crippen LogP contribution in [0.3, 0.4) is 0 Å². The molecule has 0 saturated heterocycles. The van der Waals surface area contributed by atoms with E-state index >= 15 is 0 Å². The zero-order valence-corrected chi connectivity index (χ0v) is 18.5. The van der Waals surface area contributed by atoms with Crippen LogP contribution in [0.1, 0.15) is 11.4 Å². The van der Waals surface area contributed by atoms with Crippen LogP contribution in [0.5, 0.6) is 11.5 Å². The number of sulfonamides is 1. The van der Waals surface area contributed by atoms with Crippen LogP contribution >= 0.6 is 0 Å². The molecule has 4 aromatic rings. The summed E-state index contributed by atoms with van der Waals surface area (Å²) >= 11 is 0. The van der Waals surface area contributed by atoms with Crippen LogP contribution in [-0.2, 0) is 16.2 Å². The van der Waals surface area contributed by atoms with Crippen molar-refractivity contribution < 1.29 is 26.3 Å². The lowest BCUT2D eigenvalue weighted by Gasteiger charge is -2.14. The summed E-state index contributed by atoms with van der Waals surface area (Å²) in [6, 6.07) is 23.0. The van der Waals surface area contributed by atoms with Crippen LogP contribution in [0, 0.1) is 11.3 Å². The van der Waals surface area contributed by atoms with Crippen molar-refractivity contribution in [2.75, 3.05) is 4.72 Å². The van der Waals surface area contributed by atoms with Gasteiger partial charge in [0.2, 0.25) is 5.82 Å². The molecule has 4 rings (SSSR count). The molecule has 0 saturated carbocycles. The number of rotatable bonds is 6. The topological polar surface area (TPSA) is 105 Å². The molecule has 11 heteroatoms. The maximum Gasteiger partial charge on any atom is 0.451 e. The molecular weight excluding hydrogens is 481 g/mol. The number of nitrogens with one attached hydrogen (secondary N) is 1. The van der Waals surface area contributed by atoms with Crippen molar-refractivity contribution in [3.63, 3.8) is 0 Å². The zero-order chi connectivity index (χ0) is 25.1. The van der Waals surface area contributed by atoms with Crippen molar-refractivity contribution in [3.8, 4) is 28.7 Å². The normalized spacial score (nSPS) is 11.5. The van der Waals surface area contributed by atoms with Crippen molar-refractivity contribution in [2.45, 2.75) is 11.1 Å². The molecule has 0 bridgehead atoms. The van der Waals surface area contributed by atoms with Crippen molar-refractivity contribution in [2.24, 2.45) is 0 Å². The highest BCUT2D eigenvalue weighted by atomic mass is 32.2. The Morgan fingerprint density at radius 2 is 1.63 bits per heavy atom. The van der Waals surface area contributed by atoms with E-state index in [4.69, 9.17) is 4.74 Å². The first-order valence-corrected chi connectivity index (χ1v) is 11.5. The summed E-state index contributed by atoms with van der Waals surface area (Å²) < 4.78 is 71.9. The van der Waals surface area contributed by atoms with E-state index in [0.717, 1.165) is 29.5 Å². The number of aromatic nitrogens is 2. The SMILES string of the molecule is N#Cc1cc(S(=O)(=O)Nc2ccnc(C(F)(F)F)n2)ccc1Oc1ccccc1-c1ccccc1. The van der Waals surface area contributed by atoms with Crippen LogP contribution in [0.2, 0.25) is 0 Å². The number of anilines is 1. The lowest BCUT2D eigenvalue weighted by molar-refractivity contribution is -0.144.